The predicted octanol–water partition coefficient (Wildman–Crippen LogP) is 1.71. The van der Waals surface area contributed by atoms with Crippen LogP contribution < -0.4 is 5.32 Å². The number of aromatic nitrogens is 2. The zero-order valence-corrected chi connectivity index (χ0v) is 13.5. The van der Waals surface area contributed by atoms with Crippen LogP contribution >= 0.6 is 0 Å². The molecule has 0 saturated carbocycles. The summed E-state index contributed by atoms with van der Waals surface area (Å²) in [7, 11) is 1.75. The molecule has 1 heterocycles. The van der Waals surface area contributed by atoms with Crippen LogP contribution in [-0.4, -0.2) is 33.3 Å². The number of carbonyl (C=O) groups is 2. The number of rotatable bonds is 6. The van der Waals surface area contributed by atoms with Crippen molar-refractivity contribution >= 4 is 11.9 Å². The minimum Gasteiger partial charge on any atom is -0.481 e. The Kier molecular flexibility index (Phi) is 5.16. The first kappa shape index (κ1) is 16.7. The van der Waals surface area contributed by atoms with Gasteiger partial charge in [0.05, 0.1) is 17.7 Å². The molecule has 0 spiro atoms. The molecule has 1 amide bonds. The molecule has 1 aromatic heterocycles. The van der Waals surface area contributed by atoms with Gasteiger partial charge < -0.3 is 10.4 Å². The van der Waals surface area contributed by atoms with E-state index in [1.165, 1.54) is 6.20 Å². The molecule has 6 nitrogen and oxygen atoms in total. The number of nitrogens with one attached hydrogen (secondary N) is 1. The molecular weight excluding hydrogens is 294 g/mol. The van der Waals surface area contributed by atoms with Crippen LogP contribution in [0.25, 0.3) is 0 Å². The minimum atomic E-state index is -0.922. The lowest BCUT2D eigenvalue weighted by Gasteiger charge is -2.13. The summed E-state index contributed by atoms with van der Waals surface area (Å²) < 4.78 is 1.61. The van der Waals surface area contributed by atoms with E-state index in [0.717, 1.165) is 16.8 Å². The number of hydrogen-bond acceptors (Lipinski definition) is 3. The number of amides is 1. The Hall–Kier alpha value is -2.63. The molecule has 6 heteroatoms. The summed E-state index contributed by atoms with van der Waals surface area (Å²) in [4.78, 5) is 23.6. The number of aliphatic carboxylic acids is 1. The number of carboxylic acids is 1. The Labute approximate surface area is 135 Å². The van der Waals surface area contributed by atoms with E-state index in [0.29, 0.717) is 12.0 Å². The molecule has 2 rings (SSSR count). The van der Waals surface area contributed by atoms with Crippen molar-refractivity contribution in [2.24, 2.45) is 13.0 Å². The van der Waals surface area contributed by atoms with E-state index in [1.54, 1.807) is 18.7 Å². The molecule has 1 aromatic carbocycles. The minimum absolute atomic E-state index is 0.0797. The first-order valence-electron chi connectivity index (χ1n) is 7.43. The van der Waals surface area contributed by atoms with Crippen molar-refractivity contribution in [2.45, 2.75) is 20.3 Å². The lowest BCUT2D eigenvalue weighted by molar-refractivity contribution is -0.141. The third-order valence-corrected chi connectivity index (χ3v) is 3.94. The zero-order valence-electron chi connectivity index (χ0n) is 13.5. The van der Waals surface area contributed by atoms with Crippen molar-refractivity contribution in [3.05, 3.63) is 52.8 Å². The highest BCUT2D eigenvalue weighted by Gasteiger charge is 2.20. The summed E-state index contributed by atoms with van der Waals surface area (Å²) in [5.74, 6) is -1.89. The van der Waals surface area contributed by atoms with Crippen molar-refractivity contribution in [3.8, 4) is 0 Å². The first-order valence-corrected chi connectivity index (χ1v) is 7.43. The van der Waals surface area contributed by atoms with Crippen molar-refractivity contribution in [3.63, 3.8) is 0 Å². The lowest BCUT2D eigenvalue weighted by Crippen LogP contribution is -2.34. The maximum Gasteiger partial charge on any atom is 0.308 e. The number of aryl methyl sites for hydroxylation is 2. The van der Waals surface area contributed by atoms with Crippen LogP contribution in [0.5, 0.6) is 0 Å². The van der Waals surface area contributed by atoms with Crippen LogP contribution in [0.2, 0.25) is 0 Å². The van der Waals surface area contributed by atoms with Gasteiger partial charge in [0.1, 0.15) is 0 Å². The van der Waals surface area contributed by atoms with E-state index in [1.807, 2.05) is 31.2 Å². The molecule has 0 aliphatic rings. The van der Waals surface area contributed by atoms with Gasteiger partial charge in [-0.25, -0.2) is 0 Å². The van der Waals surface area contributed by atoms with Crippen molar-refractivity contribution in [1.29, 1.82) is 0 Å². The van der Waals surface area contributed by atoms with Gasteiger partial charge in [-0.1, -0.05) is 29.8 Å². The highest BCUT2D eigenvalue weighted by Crippen LogP contribution is 2.11. The van der Waals surface area contributed by atoms with E-state index < -0.39 is 11.9 Å². The van der Waals surface area contributed by atoms with E-state index in [-0.39, 0.29) is 12.5 Å². The Morgan fingerprint density at radius 1 is 1.26 bits per heavy atom. The molecule has 0 bridgehead atoms. The van der Waals surface area contributed by atoms with Crippen LogP contribution in [0.15, 0.2) is 30.5 Å². The monoisotopic (exact) mass is 315 g/mol. The van der Waals surface area contributed by atoms with E-state index in [9.17, 15) is 14.7 Å². The average molecular weight is 315 g/mol. The molecule has 0 radical (unpaired) electrons. The average Bonchev–Trinajstić information content (AvgIpc) is 2.84. The topological polar surface area (TPSA) is 84.2 Å². The maximum absolute atomic E-state index is 12.1. The fourth-order valence-corrected chi connectivity index (χ4v) is 2.29. The second-order valence-corrected chi connectivity index (χ2v) is 5.70. The molecule has 1 atom stereocenters. The second-order valence-electron chi connectivity index (χ2n) is 5.70. The number of carboxylic acid groups (broad SMARTS) is 1. The van der Waals surface area contributed by atoms with Crippen LogP contribution in [-0.2, 0) is 18.3 Å². The number of carbonyl (C=O) groups excluding carboxylic acids is 1. The van der Waals surface area contributed by atoms with E-state index in [4.69, 9.17) is 0 Å². The van der Waals surface area contributed by atoms with Crippen LogP contribution in [0.3, 0.4) is 0 Å². The summed E-state index contributed by atoms with van der Waals surface area (Å²) in [6.45, 7) is 3.86. The van der Waals surface area contributed by atoms with Crippen LogP contribution in [0.1, 0.15) is 27.2 Å². The molecule has 23 heavy (non-hydrogen) atoms. The molecular formula is C17H21N3O3. The van der Waals surface area contributed by atoms with Crippen molar-refractivity contribution in [2.75, 3.05) is 6.54 Å². The lowest BCUT2D eigenvalue weighted by atomic mass is 9.98. The molecule has 122 valence electrons. The SMILES string of the molecule is Cc1ccc(C[C@@H](CNC(=O)c2cnn(C)c2C)C(=O)O)cc1. The largest absolute Gasteiger partial charge is 0.481 e. The fraction of sp³-hybridized carbons (Fsp3) is 0.353. The summed E-state index contributed by atoms with van der Waals surface area (Å²) in [5, 5.41) is 16.1. The summed E-state index contributed by atoms with van der Waals surface area (Å²) in [5.41, 5.74) is 3.27. The van der Waals surface area contributed by atoms with Gasteiger partial charge in [-0.3, -0.25) is 14.3 Å². The normalized spacial score (nSPS) is 12.0. The quantitative estimate of drug-likeness (QED) is 0.850. The molecule has 0 fully saturated rings. The Morgan fingerprint density at radius 2 is 1.91 bits per heavy atom. The number of hydrogen-bond donors (Lipinski definition) is 2. The van der Waals surface area contributed by atoms with Gasteiger partial charge in [-0.15, -0.1) is 0 Å². The van der Waals surface area contributed by atoms with Gasteiger partial charge in [-0.05, 0) is 25.8 Å². The smallest absolute Gasteiger partial charge is 0.308 e. The van der Waals surface area contributed by atoms with Crippen molar-refractivity contribution in [1.82, 2.24) is 15.1 Å². The second kappa shape index (κ2) is 7.09. The summed E-state index contributed by atoms with van der Waals surface area (Å²) >= 11 is 0. The standard InChI is InChI=1S/C17H21N3O3/c1-11-4-6-13(7-5-11)8-14(17(22)23)9-18-16(21)15-10-19-20(3)12(15)2/h4-7,10,14H,8-9H2,1-3H3,(H,18,21)(H,22,23)/t14-/m0/s1. The molecule has 2 N–H and O–H groups in total. The maximum atomic E-state index is 12.1. The third kappa shape index (κ3) is 4.18. The Balaban J connectivity index is 2.00. The van der Waals surface area contributed by atoms with Gasteiger partial charge >= 0.3 is 5.97 Å². The van der Waals surface area contributed by atoms with Gasteiger partial charge in [-0.2, -0.15) is 5.10 Å². The summed E-state index contributed by atoms with van der Waals surface area (Å²) in [6.07, 6.45) is 1.86. The van der Waals surface area contributed by atoms with Gasteiger partial charge in [0, 0.05) is 19.3 Å². The first-order chi connectivity index (χ1) is 10.9. The fourth-order valence-electron chi connectivity index (χ4n) is 2.29. The number of nitrogens with zero attached hydrogens (tertiary/aromatic N) is 2. The van der Waals surface area contributed by atoms with E-state index >= 15 is 0 Å². The Bertz CT molecular complexity index is 704. The van der Waals surface area contributed by atoms with Gasteiger partial charge in [0.2, 0.25) is 0 Å². The molecule has 0 saturated heterocycles. The molecule has 2 aromatic rings. The van der Waals surface area contributed by atoms with Gasteiger partial charge in [0.15, 0.2) is 0 Å². The highest BCUT2D eigenvalue weighted by molar-refractivity contribution is 5.95. The number of benzene rings is 1. The summed E-state index contributed by atoms with van der Waals surface area (Å²) in [6, 6.07) is 7.73. The molecule has 0 aliphatic carbocycles. The van der Waals surface area contributed by atoms with Crippen molar-refractivity contribution < 1.29 is 14.7 Å². The van der Waals surface area contributed by atoms with Crippen LogP contribution in [0.4, 0.5) is 0 Å². The highest BCUT2D eigenvalue weighted by atomic mass is 16.4. The van der Waals surface area contributed by atoms with E-state index in [2.05, 4.69) is 10.4 Å². The zero-order chi connectivity index (χ0) is 17.0. The predicted molar refractivity (Wildman–Crippen MR) is 86.3 cm³/mol. The van der Waals surface area contributed by atoms with Crippen LogP contribution in [0, 0.1) is 19.8 Å². The third-order valence-electron chi connectivity index (χ3n) is 3.94. The molecule has 0 aliphatic heterocycles. The Morgan fingerprint density at radius 3 is 2.43 bits per heavy atom. The van der Waals surface area contributed by atoms with Gasteiger partial charge in [0.25, 0.3) is 5.91 Å². The molecule has 0 unspecified atom stereocenters.